The summed E-state index contributed by atoms with van der Waals surface area (Å²) in [5, 5.41) is 2.91. The number of carbonyl (C=O) groups is 1. The molecule has 134 valence electrons. The minimum atomic E-state index is -0.981. The summed E-state index contributed by atoms with van der Waals surface area (Å²) in [5.41, 5.74) is 5.22. The van der Waals surface area contributed by atoms with Crippen molar-refractivity contribution >= 4 is 17.6 Å². The standard InChI is InChI=1S/C18H24N4O3/c1-22-16(23)18(20-17(22)19,11-13-6-3-2-4-7-13)12-25-15-9-5-8-14(10-15)21-24/h5,8-10,13H,2-4,6-7,11-12H2,1H3,(H2,19,20). The van der Waals surface area contributed by atoms with E-state index in [0.29, 0.717) is 18.1 Å². The number of ether oxygens (including phenoxy) is 1. The van der Waals surface area contributed by atoms with Crippen molar-refractivity contribution in [3.63, 3.8) is 0 Å². The van der Waals surface area contributed by atoms with Gasteiger partial charge >= 0.3 is 0 Å². The molecule has 1 aromatic rings. The lowest BCUT2D eigenvalue weighted by Gasteiger charge is -2.31. The molecule has 1 unspecified atom stereocenters. The average molecular weight is 344 g/mol. The normalized spacial score (nSPS) is 24.3. The zero-order valence-corrected chi connectivity index (χ0v) is 14.5. The predicted molar refractivity (Wildman–Crippen MR) is 95.7 cm³/mol. The summed E-state index contributed by atoms with van der Waals surface area (Å²) < 4.78 is 5.84. The van der Waals surface area contributed by atoms with Crippen LogP contribution in [0.3, 0.4) is 0 Å². The fraction of sp³-hybridized carbons (Fsp3) is 0.556. The topological polar surface area (TPSA) is 97.4 Å². The largest absolute Gasteiger partial charge is 0.490 e. The molecule has 1 aliphatic heterocycles. The van der Waals surface area contributed by atoms with Gasteiger partial charge in [-0.3, -0.25) is 9.69 Å². The molecule has 2 N–H and O–H groups in total. The van der Waals surface area contributed by atoms with Gasteiger partial charge in [0.15, 0.2) is 11.5 Å². The van der Waals surface area contributed by atoms with Crippen molar-refractivity contribution in [2.75, 3.05) is 13.7 Å². The van der Waals surface area contributed by atoms with Gasteiger partial charge in [-0.05, 0) is 29.6 Å². The number of amides is 1. The number of hydrogen-bond donors (Lipinski definition) is 1. The van der Waals surface area contributed by atoms with Crippen molar-refractivity contribution in [2.24, 2.45) is 21.8 Å². The second-order valence-corrected chi connectivity index (χ2v) is 6.95. The third kappa shape index (κ3) is 3.65. The molecule has 1 fully saturated rings. The maximum Gasteiger partial charge on any atom is 0.260 e. The molecule has 7 heteroatoms. The Kier molecular flexibility index (Phi) is 5.01. The lowest BCUT2D eigenvalue weighted by Crippen LogP contribution is -2.47. The van der Waals surface area contributed by atoms with Crippen molar-refractivity contribution in [1.82, 2.24) is 4.90 Å². The number of benzene rings is 1. The van der Waals surface area contributed by atoms with E-state index in [4.69, 9.17) is 10.5 Å². The molecule has 1 amide bonds. The zero-order valence-electron chi connectivity index (χ0n) is 14.5. The Balaban J connectivity index is 1.79. The number of carbonyl (C=O) groups excluding carboxylic acids is 1. The van der Waals surface area contributed by atoms with Gasteiger partial charge < -0.3 is 10.5 Å². The highest BCUT2D eigenvalue weighted by molar-refractivity contribution is 6.06. The molecule has 0 radical (unpaired) electrons. The lowest BCUT2D eigenvalue weighted by atomic mass is 9.79. The number of guanidine groups is 1. The van der Waals surface area contributed by atoms with Gasteiger partial charge in [-0.25, -0.2) is 4.99 Å². The summed E-state index contributed by atoms with van der Waals surface area (Å²) in [7, 11) is 1.64. The van der Waals surface area contributed by atoms with Gasteiger partial charge in [0.05, 0.1) is 0 Å². The number of nitroso groups, excluding NO2 is 1. The molecule has 0 saturated heterocycles. The highest BCUT2D eigenvalue weighted by Gasteiger charge is 2.48. The number of aliphatic imine (C=N–C) groups is 1. The smallest absolute Gasteiger partial charge is 0.260 e. The van der Waals surface area contributed by atoms with Gasteiger partial charge in [0.2, 0.25) is 0 Å². The van der Waals surface area contributed by atoms with Crippen LogP contribution < -0.4 is 10.5 Å². The van der Waals surface area contributed by atoms with Gasteiger partial charge in [0.1, 0.15) is 18.0 Å². The van der Waals surface area contributed by atoms with E-state index in [2.05, 4.69) is 10.2 Å². The molecular weight excluding hydrogens is 320 g/mol. The Morgan fingerprint density at radius 3 is 2.76 bits per heavy atom. The van der Waals surface area contributed by atoms with Crippen molar-refractivity contribution in [1.29, 1.82) is 0 Å². The maximum atomic E-state index is 12.8. The van der Waals surface area contributed by atoms with Gasteiger partial charge in [-0.1, -0.05) is 38.2 Å². The predicted octanol–water partition coefficient (Wildman–Crippen LogP) is 2.96. The molecule has 3 rings (SSSR count). The van der Waals surface area contributed by atoms with Crippen LogP contribution in [-0.4, -0.2) is 36.0 Å². The van der Waals surface area contributed by atoms with Crippen LogP contribution in [0.1, 0.15) is 38.5 Å². The van der Waals surface area contributed by atoms with E-state index in [-0.39, 0.29) is 24.2 Å². The van der Waals surface area contributed by atoms with Gasteiger partial charge in [0, 0.05) is 13.1 Å². The summed E-state index contributed by atoms with van der Waals surface area (Å²) in [6, 6.07) is 6.58. The quantitative estimate of drug-likeness (QED) is 0.802. The van der Waals surface area contributed by atoms with Crippen LogP contribution in [0.25, 0.3) is 0 Å². The molecule has 7 nitrogen and oxygen atoms in total. The van der Waals surface area contributed by atoms with Crippen LogP contribution in [0.4, 0.5) is 5.69 Å². The van der Waals surface area contributed by atoms with Gasteiger partial charge in [-0.15, -0.1) is 4.91 Å². The highest BCUT2D eigenvalue weighted by atomic mass is 16.5. The molecule has 1 aliphatic carbocycles. The molecular formula is C18H24N4O3. The molecule has 1 heterocycles. The Labute approximate surface area is 147 Å². The van der Waals surface area contributed by atoms with Crippen molar-refractivity contribution < 1.29 is 9.53 Å². The average Bonchev–Trinajstić information content (AvgIpc) is 2.85. The van der Waals surface area contributed by atoms with E-state index < -0.39 is 5.54 Å². The fourth-order valence-corrected chi connectivity index (χ4v) is 3.75. The van der Waals surface area contributed by atoms with Crippen molar-refractivity contribution in [3.05, 3.63) is 29.2 Å². The van der Waals surface area contributed by atoms with Crippen LogP contribution in [0, 0.1) is 10.8 Å². The van der Waals surface area contributed by atoms with Gasteiger partial charge in [-0.2, -0.15) is 0 Å². The van der Waals surface area contributed by atoms with E-state index in [9.17, 15) is 9.70 Å². The monoisotopic (exact) mass is 344 g/mol. The van der Waals surface area contributed by atoms with E-state index in [1.807, 2.05) is 0 Å². The summed E-state index contributed by atoms with van der Waals surface area (Å²) in [6.45, 7) is 0.107. The molecule has 2 aliphatic rings. The highest BCUT2D eigenvalue weighted by Crippen LogP contribution is 2.36. The van der Waals surface area contributed by atoms with Gasteiger partial charge in [0.25, 0.3) is 5.91 Å². The van der Waals surface area contributed by atoms with Crippen LogP contribution in [0.15, 0.2) is 34.4 Å². The van der Waals surface area contributed by atoms with E-state index in [0.717, 1.165) is 12.8 Å². The van der Waals surface area contributed by atoms with Crippen LogP contribution in [0.2, 0.25) is 0 Å². The second-order valence-electron chi connectivity index (χ2n) is 6.95. The summed E-state index contributed by atoms with van der Waals surface area (Å²) in [6.07, 6.45) is 6.50. The van der Waals surface area contributed by atoms with Crippen LogP contribution in [-0.2, 0) is 4.79 Å². The second kappa shape index (κ2) is 7.21. The maximum absolute atomic E-state index is 12.8. The Bertz CT molecular complexity index is 685. The fourth-order valence-electron chi connectivity index (χ4n) is 3.75. The minimum Gasteiger partial charge on any atom is -0.490 e. The number of hydrogen-bond acceptors (Lipinski definition) is 6. The first-order chi connectivity index (χ1) is 12.0. The SMILES string of the molecule is CN1C(=O)C(COc2cccc(N=O)c2)(CC2CCCCC2)N=C1N. The van der Waals surface area contributed by atoms with E-state index >= 15 is 0 Å². The molecule has 0 spiro atoms. The molecule has 25 heavy (non-hydrogen) atoms. The van der Waals surface area contributed by atoms with E-state index in [1.54, 1.807) is 31.3 Å². The first kappa shape index (κ1) is 17.4. The number of likely N-dealkylation sites (N-methyl/N-ethyl adjacent to an activating group) is 1. The number of nitrogens with two attached hydrogens (primary N) is 1. The number of rotatable bonds is 6. The third-order valence-corrected chi connectivity index (χ3v) is 5.13. The first-order valence-corrected chi connectivity index (χ1v) is 8.74. The van der Waals surface area contributed by atoms with Crippen molar-refractivity contribution in [2.45, 2.75) is 44.1 Å². The lowest BCUT2D eigenvalue weighted by molar-refractivity contribution is -0.132. The first-order valence-electron chi connectivity index (χ1n) is 8.74. The summed E-state index contributed by atoms with van der Waals surface area (Å²) in [5.74, 6) is 1.05. The molecule has 1 saturated carbocycles. The third-order valence-electron chi connectivity index (χ3n) is 5.13. The summed E-state index contributed by atoms with van der Waals surface area (Å²) >= 11 is 0. The molecule has 0 aromatic heterocycles. The zero-order chi connectivity index (χ0) is 17.9. The Morgan fingerprint density at radius 1 is 1.36 bits per heavy atom. The van der Waals surface area contributed by atoms with Crippen LogP contribution in [0.5, 0.6) is 5.75 Å². The number of nitrogens with zero attached hydrogens (tertiary/aromatic N) is 3. The molecule has 1 aromatic carbocycles. The Morgan fingerprint density at radius 2 is 2.12 bits per heavy atom. The molecule has 1 atom stereocenters. The minimum absolute atomic E-state index is 0.107. The summed E-state index contributed by atoms with van der Waals surface area (Å²) in [4.78, 5) is 29.4. The Hall–Kier alpha value is -2.44. The van der Waals surface area contributed by atoms with Crippen molar-refractivity contribution in [3.8, 4) is 5.75 Å². The molecule has 0 bridgehead atoms. The van der Waals surface area contributed by atoms with Crippen LogP contribution >= 0.6 is 0 Å². The van der Waals surface area contributed by atoms with E-state index in [1.165, 1.54) is 24.2 Å².